The third-order valence-electron chi connectivity index (χ3n) is 7.23. The molecule has 0 radical (unpaired) electrons. The van der Waals surface area contributed by atoms with Crippen LogP contribution in [0.5, 0.6) is 0 Å². The van der Waals surface area contributed by atoms with Crippen molar-refractivity contribution in [3.05, 3.63) is 23.3 Å². The molecular formula is C21H32O2. The Morgan fingerprint density at radius 2 is 2.04 bits per heavy atom. The molecule has 2 heteroatoms. The van der Waals surface area contributed by atoms with Gasteiger partial charge < -0.3 is 4.74 Å². The lowest BCUT2D eigenvalue weighted by atomic mass is 9.47. The number of allylic oxidation sites excluding steroid dienone is 4. The fourth-order valence-electron chi connectivity index (χ4n) is 5.82. The van der Waals surface area contributed by atoms with Crippen molar-refractivity contribution >= 4 is 5.97 Å². The van der Waals surface area contributed by atoms with E-state index in [0.717, 1.165) is 19.3 Å². The normalized spacial score (nSPS) is 39.9. The molecule has 1 saturated carbocycles. The third kappa shape index (κ3) is 2.49. The van der Waals surface area contributed by atoms with Crippen LogP contribution >= 0.6 is 0 Å². The summed E-state index contributed by atoms with van der Waals surface area (Å²) in [5.41, 5.74) is 3.07. The van der Waals surface area contributed by atoms with Crippen LogP contribution < -0.4 is 0 Å². The highest BCUT2D eigenvalue weighted by molar-refractivity contribution is 5.77. The second-order valence-electron chi connectivity index (χ2n) is 8.73. The zero-order chi connectivity index (χ0) is 16.8. The molecule has 0 heterocycles. The monoisotopic (exact) mass is 316 g/mol. The lowest BCUT2D eigenvalue weighted by molar-refractivity contribution is -0.166. The van der Waals surface area contributed by atoms with Crippen molar-refractivity contribution in [2.75, 3.05) is 7.11 Å². The van der Waals surface area contributed by atoms with Crippen LogP contribution in [0.25, 0.3) is 0 Å². The van der Waals surface area contributed by atoms with Crippen molar-refractivity contribution in [2.45, 2.75) is 66.2 Å². The van der Waals surface area contributed by atoms with Crippen LogP contribution in [0.15, 0.2) is 23.3 Å². The number of hydrogen-bond donors (Lipinski definition) is 0. The van der Waals surface area contributed by atoms with Crippen molar-refractivity contribution in [3.63, 3.8) is 0 Å². The van der Waals surface area contributed by atoms with Gasteiger partial charge in [0, 0.05) is 0 Å². The van der Waals surface area contributed by atoms with Gasteiger partial charge in [0.1, 0.15) is 0 Å². The predicted molar refractivity (Wildman–Crippen MR) is 93.9 cm³/mol. The molecule has 1 fully saturated rings. The van der Waals surface area contributed by atoms with Gasteiger partial charge in [-0.05, 0) is 67.8 Å². The summed E-state index contributed by atoms with van der Waals surface area (Å²) in [6, 6.07) is 0. The number of fused-ring (bicyclic) bond motifs is 3. The Labute approximate surface area is 141 Å². The summed E-state index contributed by atoms with van der Waals surface area (Å²) in [5.74, 6) is 1.68. The SMILES string of the molecule is COC(=O)[C@@]1(C)CCC[C@@]2(C)[C@@H]3CCC(C(C)C)=CC3=CC[C@@H]21. The van der Waals surface area contributed by atoms with E-state index in [1.807, 2.05) is 0 Å². The Morgan fingerprint density at radius 3 is 2.70 bits per heavy atom. The lowest BCUT2D eigenvalue weighted by Gasteiger charge is -2.57. The molecule has 0 aromatic carbocycles. The first-order chi connectivity index (χ1) is 10.8. The average Bonchev–Trinajstić information content (AvgIpc) is 2.53. The standard InChI is InChI=1S/C21H32O2/c1-14(2)15-7-9-17-16(13-15)8-10-18-20(17,3)11-6-12-21(18,4)19(22)23-5/h8,13-14,17-18H,6-7,9-12H2,1-5H3/t17-,18+,20+,21+/m1/s1. The van der Waals surface area contributed by atoms with E-state index in [9.17, 15) is 4.79 Å². The number of carbonyl (C=O) groups excluding carboxylic acids is 1. The van der Waals surface area contributed by atoms with E-state index in [-0.39, 0.29) is 16.8 Å². The third-order valence-corrected chi connectivity index (χ3v) is 7.23. The van der Waals surface area contributed by atoms with Crippen LogP contribution in [0.1, 0.15) is 66.2 Å². The first kappa shape index (κ1) is 16.8. The average molecular weight is 316 g/mol. The van der Waals surface area contributed by atoms with Crippen LogP contribution in [0, 0.1) is 28.6 Å². The summed E-state index contributed by atoms with van der Waals surface area (Å²) in [7, 11) is 1.54. The summed E-state index contributed by atoms with van der Waals surface area (Å²) < 4.78 is 5.20. The van der Waals surface area contributed by atoms with E-state index in [1.165, 1.54) is 19.3 Å². The maximum Gasteiger partial charge on any atom is 0.311 e. The minimum absolute atomic E-state index is 0.000467. The van der Waals surface area contributed by atoms with Crippen LogP contribution in [0.3, 0.4) is 0 Å². The molecule has 4 atom stereocenters. The Balaban J connectivity index is 1.99. The van der Waals surface area contributed by atoms with Crippen molar-refractivity contribution < 1.29 is 9.53 Å². The number of rotatable bonds is 2. The Bertz CT molecular complexity index is 556. The first-order valence-corrected chi connectivity index (χ1v) is 9.32. The summed E-state index contributed by atoms with van der Waals surface area (Å²) in [6.45, 7) is 9.20. The molecule has 3 aliphatic rings. The highest BCUT2D eigenvalue weighted by Gasteiger charge is 2.57. The van der Waals surface area contributed by atoms with Crippen molar-refractivity contribution in [1.29, 1.82) is 0 Å². The Morgan fingerprint density at radius 1 is 1.30 bits per heavy atom. The zero-order valence-corrected chi connectivity index (χ0v) is 15.4. The van der Waals surface area contributed by atoms with Gasteiger partial charge in [-0.1, -0.05) is 44.9 Å². The minimum Gasteiger partial charge on any atom is -0.469 e. The van der Waals surface area contributed by atoms with Crippen LogP contribution in [-0.2, 0) is 9.53 Å². The van der Waals surface area contributed by atoms with Crippen molar-refractivity contribution in [3.8, 4) is 0 Å². The van der Waals surface area contributed by atoms with Gasteiger partial charge in [-0.2, -0.15) is 0 Å². The Hall–Kier alpha value is -1.05. The maximum atomic E-state index is 12.5. The van der Waals surface area contributed by atoms with Crippen LogP contribution in [-0.4, -0.2) is 13.1 Å². The number of ether oxygens (including phenoxy) is 1. The fourth-order valence-corrected chi connectivity index (χ4v) is 5.82. The summed E-state index contributed by atoms with van der Waals surface area (Å²) in [6.07, 6.45) is 11.8. The zero-order valence-electron chi connectivity index (χ0n) is 15.4. The van der Waals surface area contributed by atoms with E-state index in [2.05, 4.69) is 39.8 Å². The number of methoxy groups -OCH3 is 1. The molecule has 23 heavy (non-hydrogen) atoms. The molecule has 0 unspecified atom stereocenters. The molecule has 0 N–H and O–H groups in total. The summed E-state index contributed by atoms with van der Waals surface area (Å²) >= 11 is 0. The minimum atomic E-state index is -0.314. The molecular weight excluding hydrogens is 284 g/mol. The highest BCUT2D eigenvalue weighted by Crippen LogP contribution is 2.62. The first-order valence-electron chi connectivity index (χ1n) is 9.32. The molecule has 0 amide bonds. The molecule has 0 bridgehead atoms. The molecule has 2 nitrogen and oxygen atoms in total. The quantitative estimate of drug-likeness (QED) is 0.647. The van der Waals surface area contributed by atoms with E-state index in [0.29, 0.717) is 17.8 Å². The lowest BCUT2D eigenvalue weighted by Crippen LogP contribution is -2.53. The second-order valence-corrected chi connectivity index (χ2v) is 8.73. The number of hydrogen-bond acceptors (Lipinski definition) is 2. The van der Waals surface area contributed by atoms with Crippen molar-refractivity contribution in [1.82, 2.24) is 0 Å². The molecule has 0 saturated heterocycles. The van der Waals surface area contributed by atoms with Gasteiger partial charge in [-0.3, -0.25) is 4.79 Å². The molecule has 0 spiro atoms. The van der Waals surface area contributed by atoms with E-state index in [1.54, 1.807) is 18.3 Å². The van der Waals surface area contributed by atoms with Gasteiger partial charge in [-0.25, -0.2) is 0 Å². The van der Waals surface area contributed by atoms with Crippen molar-refractivity contribution in [2.24, 2.45) is 28.6 Å². The van der Waals surface area contributed by atoms with E-state index >= 15 is 0 Å². The largest absolute Gasteiger partial charge is 0.469 e. The topological polar surface area (TPSA) is 26.3 Å². The van der Waals surface area contributed by atoms with E-state index in [4.69, 9.17) is 4.74 Å². The molecule has 0 aliphatic heterocycles. The predicted octanol–water partition coefficient (Wildman–Crippen LogP) is 5.29. The van der Waals surface area contributed by atoms with Gasteiger partial charge in [0.15, 0.2) is 0 Å². The molecule has 3 aliphatic carbocycles. The highest BCUT2D eigenvalue weighted by atomic mass is 16.5. The van der Waals surface area contributed by atoms with Crippen LogP contribution in [0.2, 0.25) is 0 Å². The molecule has 0 aromatic heterocycles. The summed E-state index contributed by atoms with van der Waals surface area (Å²) in [5, 5.41) is 0. The smallest absolute Gasteiger partial charge is 0.311 e. The molecule has 0 aromatic rings. The van der Waals surface area contributed by atoms with Gasteiger partial charge in [0.25, 0.3) is 0 Å². The molecule has 128 valence electrons. The van der Waals surface area contributed by atoms with Crippen LogP contribution in [0.4, 0.5) is 0 Å². The number of carbonyl (C=O) groups is 1. The summed E-state index contributed by atoms with van der Waals surface area (Å²) in [4.78, 5) is 12.5. The van der Waals surface area contributed by atoms with E-state index < -0.39 is 0 Å². The Kier molecular flexibility index (Phi) is 4.23. The maximum absolute atomic E-state index is 12.5. The van der Waals surface area contributed by atoms with Gasteiger partial charge in [0.2, 0.25) is 0 Å². The number of esters is 1. The van der Waals surface area contributed by atoms with Gasteiger partial charge in [0.05, 0.1) is 12.5 Å². The van der Waals surface area contributed by atoms with Gasteiger partial charge in [-0.15, -0.1) is 0 Å². The second kappa shape index (κ2) is 5.79. The fraction of sp³-hybridized carbons (Fsp3) is 0.762. The van der Waals surface area contributed by atoms with Gasteiger partial charge >= 0.3 is 5.97 Å². The molecule has 3 rings (SSSR count).